The molecular weight excluding hydrogens is 747 g/mol. The standard InChI is InChI=1S/C41H61NO13S/c1-12-29-41(8)34(53-39(47)55-41)23(4)31-21(2)19-40(7,54-38(46)51-31)33(52-37-30(43)28(42(9)10)18-22(3)48-37)24(5)32(25(6)35(44)49-29)50-36(45)27(20-56-11)26-16-14-13-15-17-26/h13-17,21-25,27-34,37,43H,12,18-20H2,1-11H3/t21-,22+,23+,24+,25-,27?,28-,29-,30+,31?,32+,33-,34-,37-,40-,41-/m1/s1. The first-order valence-electron chi connectivity index (χ1n) is 19.7. The molecule has 0 spiro atoms. The topological polar surface area (TPSA) is 166 Å². The average Bonchev–Trinajstić information content (AvgIpc) is 3.40. The molecule has 4 aliphatic rings. The van der Waals surface area contributed by atoms with E-state index >= 15 is 0 Å². The molecule has 314 valence electrons. The fourth-order valence-corrected chi connectivity index (χ4v) is 10.0. The number of ether oxygens (including phenoxy) is 8. The minimum atomic E-state index is -1.49. The van der Waals surface area contributed by atoms with Gasteiger partial charge in [0.05, 0.1) is 17.9 Å². The maximum Gasteiger partial charge on any atom is 0.509 e. The average molecular weight is 808 g/mol. The Morgan fingerprint density at radius 2 is 1.64 bits per heavy atom. The smallest absolute Gasteiger partial charge is 0.461 e. The highest BCUT2D eigenvalue weighted by Gasteiger charge is 2.61. The van der Waals surface area contributed by atoms with Gasteiger partial charge in [-0.25, -0.2) is 9.59 Å². The summed E-state index contributed by atoms with van der Waals surface area (Å²) < 4.78 is 49.6. The van der Waals surface area contributed by atoms with Crippen LogP contribution in [-0.4, -0.2) is 127 Å². The molecule has 4 saturated heterocycles. The highest BCUT2D eigenvalue weighted by molar-refractivity contribution is 7.98. The van der Waals surface area contributed by atoms with Gasteiger partial charge >= 0.3 is 24.2 Å². The number of likely N-dealkylation sites (N-methyl/N-ethyl adjacent to an activating group) is 1. The molecule has 2 bridgehead atoms. The number of hydrogen-bond donors (Lipinski definition) is 1. The minimum absolute atomic E-state index is 0.173. The van der Waals surface area contributed by atoms with E-state index in [1.54, 1.807) is 41.5 Å². The molecule has 5 rings (SSSR count). The fraction of sp³-hybridized carbons (Fsp3) is 0.756. The van der Waals surface area contributed by atoms with Crippen molar-refractivity contribution in [2.24, 2.45) is 23.7 Å². The van der Waals surface area contributed by atoms with Gasteiger partial charge in [0.25, 0.3) is 0 Å². The molecule has 1 N–H and O–H groups in total. The van der Waals surface area contributed by atoms with Crippen LogP contribution >= 0.6 is 11.8 Å². The normalized spacial score (nSPS) is 41.2. The number of cyclic esters (lactones) is 1. The molecule has 4 aliphatic heterocycles. The largest absolute Gasteiger partial charge is 0.509 e. The lowest BCUT2D eigenvalue weighted by atomic mass is 9.73. The molecule has 15 heteroatoms. The third-order valence-electron chi connectivity index (χ3n) is 12.3. The Balaban J connectivity index is 1.66. The summed E-state index contributed by atoms with van der Waals surface area (Å²) in [4.78, 5) is 57.4. The van der Waals surface area contributed by atoms with Gasteiger partial charge in [-0.1, -0.05) is 58.0 Å². The Morgan fingerprint density at radius 1 is 0.982 bits per heavy atom. The van der Waals surface area contributed by atoms with Crippen molar-refractivity contribution in [3.63, 3.8) is 0 Å². The van der Waals surface area contributed by atoms with Crippen LogP contribution in [0.3, 0.4) is 0 Å². The second-order valence-electron chi connectivity index (χ2n) is 16.8. The van der Waals surface area contributed by atoms with Crippen molar-refractivity contribution in [2.45, 2.75) is 147 Å². The van der Waals surface area contributed by atoms with E-state index in [-0.39, 0.29) is 25.0 Å². The minimum Gasteiger partial charge on any atom is -0.461 e. The predicted octanol–water partition coefficient (Wildman–Crippen LogP) is 5.71. The second kappa shape index (κ2) is 17.8. The summed E-state index contributed by atoms with van der Waals surface area (Å²) in [6.07, 6.45) is -6.82. The van der Waals surface area contributed by atoms with E-state index in [1.807, 2.05) is 69.4 Å². The molecule has 0 radical (unpaired) electrons. The number of aliphatic hydroxyl groups is 1. The SMILES string of the molecule is CC[C@H]1OC(=O)[C@H](C)[C@@H](OC(=O)C(CSC)c2ccccc2)[C@H](C)[C@@H](O[C@H]2O[C@@H](C)C[C@@H](N(C)C)[C@@H]2O)[C@@]2(C)C[C@@H](C)C(OC(=O)O2)[C@H](C)[C@H]2OC(=O)O[C@@]21C. The molecule has 0 aliphatic carbocycles. The molecule has 0 aromatic heterocycles. The van der Waals surface area contributed by atoms with Crippen molar-refractivity contribution in [3.05, 3.63) is 35.9 Å². The summed E-state index contributed by atoms with van der Waals surface area (Å²) in [5.41, 5.74) is -2.20. The van der Waals surface area contributed by atoms with Crippen LogP contribution < -0.4 is 0 Å². The summed E-state index contributed by atoms with van der Waals surface area (Å²) in [5.74, 6) is -4.59. The lowest BCUT2D eigenvalue weighted by Crippen LogP contribution is -2.60. The Hall–Kier alpha value is -3.11. The zero-order valence-electron chi connectivity index (χ0n) is 34.5. The van der Waals surface area contributed by atoms with E-state index < -0.39 is 108 Å². The number of benzene rings is 1. The Bertz CT molecular complexity index is 1550. The highest BCUT2D eigenvalue weighted by atomic mass is 32.2. The molecule has 0 amide bonds. The van der Waals surface area contributed by atoms with Crippen molar-refractivity contribution >= 4 is 36.0 Å². The van der Waals surface area contributed by atoms with E-state index in [4.69, 9.17) is 37.9 Å². The first kappa shape index (κ1) is 44.0. The summed E-state index contributed by atoms with van der Waals surface area (Å²) in [5, 5.41) is 11.7. The van der Waals surface area contributed by atoms with Gasteiger partial charge in [-0.15, -0.1) is 0 Å². The first-order chi connectivity index (χ1) is 26.3. The fourth-order valence-electron chi connectivity index (χ4n) is 9.39. The summed E-state index contributed by atoms with van der Waals surface area (Å²) in [6, 6.07) is 8.93. The third kappa shape index (κ3) is 8.96. The van der Waals surface area contributed by atoms with E-state index in [9.17, 15) is 24.3 Å². The number of thioether (sulfide) groups is 1. The van der Waals surface area contributed by atoms with Crippen LogP contribution in [-0.2, 0) is 47.5 Å². The van der Waals surface area contributed by atoms with Crippen molar-refractivity contribution < 1.29 is 62.2 Å². The lowest BCUT2D eigenvalue weighted by Gasteiger charge is -2.47. The van der Waals surface area contributed by atoms with Gasteiger partial charge in [-0.3, -0.25) is 9.59 Å². The molecule has 56 heavy (non-hydrogen) atoms. The van der Waals surface area contributed by atoms with Crippen LogP contribution in [0.5, 0.6) is 0 Å². The van der Waals surface area contributed by atoms with Gasteiger partial charge in [0, 0.05) is 23.6 Å². The van der Waals surface area contributed by atoms with Gasteiger partial charge in [0.15, 0.2) is 18.0 Å². The zero-order chi connectivity index (χ0) is 41.3. The van der Waals surface area contributed by atoms with Crippen LogP contribution in [0.2, 0.25) is 0 Å². The van der Waals surface area contributed by atoms with E-state index in [0.29, 0.717) is 12.2 Å². The monoisotopic (exact) mass is 807 g/mol. The number of esters is 2. The highest BCUT2D eigenvalue weighted by Crippen LogP contribution is 2.46. The number of hydrogen-bond acceptors (Lipinski definition) is 15. The Labute approximate surface area is 334 Å². The predicted molar refractivity (Wildman–Crippen MR) is 206 cm³/mol. The van der Waals surface area contributed by atoms with Crippen molar-refractivity contribution in [3.8, 4) is 0 Å². The van der Waals surface area contributed by atoms with E-state index in [1.165, 1.54) is 11.8 Å². The van der Waals surface area contributed by atoms with Gasteiger partial charge in [-0.2, -0.15) is 11.8 Å². The molecule has 0 saturated carbocycles. The van der Waals surface area contributed by atoms with E-state index in [0.717, 1.165) is 5.56 Å². The Morgan fingerprint density at radius 3 is 2.27 bits per heavy atom. The van der Waals surface area contributed by atoms with E-state index in [2.05, 4.69) is 0 Å². The van der Waals surface area contributed by atoms with Crippen LogP contribution in [0.15, 0.2) is 30.3 Å². The molecule has 4 heterocycles. The third-order valence-corrected chi connectivity index (χ3v) is 13.0. The summed E-state index contributed by atoms with van der Waals surface area (Å²) in [7, 11) is 3.73. The zero-order valence-corrected chi connectivity index (χ0v) is 35.3. The quantitative estimate of drug-likeness (QED) is 0.238. The molecule has 16 atom stereocenters. The maximum atomic E-state index is 14.5. The second-order valence-corrected chi connectivity index (χ2v) is 17.7. The van der Waals surface area contributed by atoms with Crippen LogP contribution in [0, 0.1) is 23.7 Å². The summed E-state index contributed by atoms with van der Waals surface area (Å²) in [6.45, 7) is 14.1. The number of rotatable bonds is 9. The van der Waals surface area contributed by atoms with Crippen molar-refractivity contribution in [1.29, 1.82) is 0 Å². The molecular formula is C41H61NO13S. The molecule has 14 nitrogen and oxygen atoms in total. The molecule has 4 fully saturated rings. The lowest BCUT2D eigenvalue weighted by molar-refractivity contribution is -0.298. The number of aliphatic hydroxyl groups excluding tert-OH is 1. The summed E-state index contributed by atoms with van der Waals surface area (Å²) >= 11 is 1.48. The van der Waals surface area contributed by atoms with Crippen LogP contribution in [0.1, 0.15) is 86.1 Å². The molecule has 1 aromatic rings. The Kier molecular flexibility index (Phi) is 14.0. The first-order valence-corrected chi connectivity index (χ1v) is 21.1. The number of fused-ring (bicyclic) bond motifs is 4. The van der Waals surface area contributed by atoms with Crippen LogP contribution in [0.25, 0.3) is 0 Å². The molecule has 1 aromatic carbocycles. The number of nitrogens with zero attached hydrogens (tertiary/aromatic N) is 1. The maximum absolute atomic E-state index is 14.5. The van der Waals surface area contributed by atoms with Gasteiger partial charge < -0.3 is 47.9 Å². The number of carbonyl (C=O) groups excluding carboxylic acids is 4. The van der Waals surface area contributed by atoms with Gasteiger partial charge in [-0.05, 0) is 78.8 Å². The van der Waals surface area contributed by atoms with Crippen molar-refractivity contribution in [2.75, 3.05) is 26.1 Å². The molecule has 2 unspecified atom stereocenters. The number of carbonyl (C=O) groups is 4. The van der Waals surface area contributed by atoms with Gasteiger partial charge in [0.2, 0.25) is 0 Å². The van der Waals surface area contributed by atoms with Crippen molar-refractivity contribution in [1.82, 2.24) is 4.90 Å². The van der Waals surface area contributed by atoms with Crippen LogP contribution in [0.4, 0.5) is 9.59 Å². The van der Waals surface area contributed by atoms with Gasteiger partial charge in [0.1, 0.15) is 36.1 Å².